The largest absolute Gasteiger partial charge is 0.427 e. The molecule has 1 aromatic carbocycles. The maximum atomic E-state index is 9.21. The molecular weight excluding hydrogens is 255 g/mol. The fourth-order valence-electron chi connectivity index (χ4n) is 0.714. The molecule has 2 unspecified atom stereocenters. The lowest BCUT2D eigenvalue weighted by atomic mass is 10.3. The van der Waals surface area contributed by atoms with Gasteiger partial charge in [0, 0.05) is 0 Å². The third-order valence-electron chi connectivity index (χ3n) is 1.49. The Bertz CT molecular complexity index is 305. The molecule has 18 heavy (non-hydrogen) atoms. The maximum Gasteiger partial charge on any atom is 0.394 e. The smallest absolute Gasteiger partial charge is 0.394 e. The van der Waals surface area contributed by atoms with Gasteiger partial charge in [0.15, 0.2) is 0 Å². The molecule has 0 bridgehead atoms. The van der Waals surface area contributed by atoms with Crippen LogP contribution in [0, 0.1) is 0 Å². The summed E-state index contributed by atoms with van der Waals surface area (Å²) in [6.07, 6.45) is 0.995. The summed E-state index contributed by atoms with van der Waals surface area (Å²) in [4.78, 5) is 9.21. The first-order chi connectivity index (χ1) is 8.60. The van der Waals surface area contributed by atoms with Crippen molar-refractivity contribution in [3.63, 3.8) is 0 Å². The summed E-state index contributed by atoms with van der Waals surface area (Å²) >= 11 is 0. The van der Waals surface area contributed by atoms with Crippen molar-refractivity contribution in [2.45, 2.75) is 13.0 Å². The summed E-state index contributed by atoms with van der Waals surface area (Å²) in [6.45, 7) is 5.13. The summed E-state index contributed by atoms with van der Waals surface area (Å²) < 4.78 is 9.94. The first-order valence-corrected chi connectivity index (χ1v) is 6.48. The van der Waals surface area contributed by atoms with Crippen molar-refractivity contribution in [3.05, 3.63) is 43.0 Å². The number of para-hydroxylation sites is 1. The van der Waals surface area contributed by atoms with E-state index in [-0.39, 0.29) is 13.2 Å². The lowest BCUT2D eigenvalue weighted by Crippen LogP contribution is -2.03. The second-order valence-corrected chi connectivity index (χ2v) is 4.17. The van der Waals surface area contributed by atoms with Gasteiger partial charge in [0.05, 0.1) is 19.3 Å². The summed E-state index contributed by atoms with van der Waals surface area (Å²) in [6, 6.07) is 9.03. The van der Waals surface area contributed by atoms with Gasteiger partial charge in [-0.2, -0.15) is 0 Å². The van der Waals surface area contributed by atoms with Gasteiger partial charge in [0.1, 0.15) is 5.75 Å². The van der Waals surface area contributed by atoms with E-state index in [1.165, 1.54) is 6.92 Å². The van der Waals surface area contributed by atoms with Crippen LogP contribution in [0.15, 0.2) is 43.0 Å². The maximum absolute atomic E-state index is 9.21. The van der Waals surface area contributed by atoms with E-state index in [2.05, 4.69) is 6.58 Å². The molecule has 102 valence electrons. The van der Waals surface area contributed by atoms with E-state index in [0.717, 1.165) is 0 Å². The van der Waals surface area contributed by atoms with E-state index >= 15 is 0 Å². The molecule has 0 saturated carbocycles. The summed E-state index contributed by atoms with van der Waals surface area (Å²) in [5.74, 6) is 0.597. The van der Waals surface area contributed by atoms with Gasteiger partial charge >= 0.3 is 8.60 Å². The number of rotatable bonds is 6. The lowest BCUT2D eigenvalue weighted by Gasteiger charge is -2.09. The molecule has 0 amide bonds. The molecular formula is C12H19O5P. The highest BCUT2D eigenvalue weighted by molar-refractivity contribution is 7.41. The van der Waals surface area contributed by atoms with E-state index in [1.54, 1.807) is 18.2 Å². The molecule has 0 aliphatic rings. The van der Waals surface area contributed by atoms with Crippen LogP contribution < -0.4 is 4.52 Å². The van der Waals surface area contributed by atoms with Gasteiger partial charge in [-0.1, -0.05) is 24.3 Å². The van der Waals surface area contributed by atoms with Crippen molar-refractivity contribution in [2.75, 3.05) is 13.2 Å². The number of hydrogen-bond acceptors (Lipinski definition) is 5. The number of aliphatic hydroxyl groups excluding tert-OH is 2. The minimum atomic E-state index is -1.83. The Morgan fingerprint density at radius 1 is 1.39 bits per heavy atom. The summed E-state index contributed by atoms with van der Waals surface area (Å²) in [5.41, 5.74) is 0. The van der Waals surface area contributed by atoms with Gasteiger partial charge in [-0.05, 0) is 19.1 Å². The SMILES string of the molecule is C=CCOP(O)Oc1ccccc1.CC(O)CO. The Morgan fingerprint density at radius 3 is 2.39 bits per heavy atom. The predicted octanol–water partition coefficient (Wildman–Crippen LogP) is 1.85. The number of benzene rings is 1. The van der Waals surface area contributed by atoms with Crippen LogP contribution in [0.4, 0.5) is 0 Å². The van der Waals surface area contributed by atoms with Crippen LogP contribution in [-0.2, 0) is 4.52 Å². The van der Waals surface area contributed by atoms with Crippen LogP contribution in [0.2, 0.25) is 0 Å². The Labute approximate surface area is 108 Å². The van der Waals surface area contributed by atoms with E-state index in [0.29, 0.717) is 5.75 Å². The van der Waals surface area contributed by atoms with Crippen LogP contribution in [0.1, 0.15) is 6.92 Å². The second kappa shape index (κ2) is 11.1. The molecule has 2 atom stereocenters. The summed E-state index contributed by atoms with van der Waals surface area (Å²) in [5, 5.41) is 16.0. The molecule has 0 spiro atoms. The molecule has 1 aromatic rings. The molecule has 6 heteroatoms. The standard InChI is InChI=1S/C9H11O3P.C3H8O2/c1-2-8-11-13(10)12-9-6-4-3-5-7-9;1-3(5)2-4/h2-7,10H,1,8H2;3-5H,2H2,1H3. The van der Waals surface area contributed by atoms with Crippen molar-refractivity contribution in [3.8, 4) is 5.75 Å². The summed E-state index contributed by atoms with van der Waals surface area (Å²) in [7, 11) is -1.83. The molecule has 0 saturated heterocycles. The number of aliphatic hydroxyl groups is 2. The Balaban J connectivity index is 0.000000494. The predicted molar refractivity (Wildman–Crippen MR) is 71.1 cm³/mol. The first-order valence-electron chi connectivity index (χ1n) is 5.35. The fraction of sp³-hybridized carbons (Fsp3) is 0.333. The molecule has 0 radical (unpaired) electrons. The van der Waals surface area contributed by atoms with Crippen molar-refractivity contribution in [1.29, 1.82) is 0 Å². The average molecular weight is 274 g/mol. The highest BCUT2D eigenvalue weighted by Crippen LogP contribution is 2.34. The molecule has 1 rings (SSSR count). The normalized spacial score (nSPS) is 12.9. The Morgan fingerprint density at radius 2 is 1.94 bits per heavy atom. The zero-order valence-electron chi connectivity index (χ0n) is 10.3. The van der Waals surface area contributed by atoms with Crippen LogP contribution in [0.25, 0.3) is 0 Å². The molecule has 5 nitrogen and oxygen atoms in total. The average Bonchev–Trinajstić information content (AvgIpc) is 2.38. The second-order valence-electron chi connectivity index (χ2n) is 3.26. The first kappa shape index (κ1) is 17.0. The monoisotopic (exact) mass is 274 g/mol. The van der Waals surface area contributed by atoms with E-state index in [1.807, 2.05) is 18.2 Å². The zero-order chi connectivity index (χ0) is 13.8. The lowest BCUT2D eigenvalue weighted by molar-refractivity contribution is 0.110. The molecule has 0 heterocycles. The highest BCUT2D eigenvalue weighted by atomic mass is 31.2. The van der Waals surface area contributed by atoms with Crippen molar-refractivity contribution < 1.29 is 24.2 Å². The van der Waals surface area contributed by atoms with Gasteiger partial charge in [-0.25, -0.2) is 0 Å². The quantitative estimate of drug-likeness (QED) is 0.545. The third kappa shape index (κ3) is 10.2. The van der Waals surface area contributed by atoms with Crippen molar-refractivity contribution in [2.24, 2.45) is 0 Å². The molecule has 3 N–H and O–H groups in total. The Kier molecular flexibility index (Phi) is 10.5. The topological polar surface area (TPSA) is 79.2 Å². The fourth-order valence-corrected chi connectivity index (χ4v) is 1.30. The van der Waals surface area contributed by atoms with Gasteiger partial charge in [-0.3, -0.25) is 4.52 Å². The Hall–Kier alpha value is -0.970. The number of hydrogen-bond donors (Lipinski definition) is 3. The molecule has 0 aliphatic carbocycles. The van der Waals surface area contributed by atoms with E-state index in [4.69, 9.17) is 19.3 Å². The van der Waals surface area contributed by atoms with Crippen LogP contribution in [0.5, 0.6) is 5.75 Å². The van der Waals surface area contributed by atoms with E-state index < -0.39 is 14.7 Å². The van der Waals surface area contributed by atoms with Crippen LogP contribution in [0.3, 0.4) is 0 Å². The van der Waals surface area contributed by atoms with Crippen LogP contribution in [-0.4, -0.2) is 34.4 Å². The zero-order valence-corrected chi connectivity index (χ0v) is 11.2. The minimum Gasteiger partial charge on any atom is -0.427 e. The third-order valence-corrected chi connectivity index (χ3v) is 2.23. The highest BCUT2D eigenvalue weighted by Gasteiger charge is 2.06. The minimum absolute atomic E-state index is 0.139. The van der Waals surface area contributed by atoms with Gasteiger partial charge in [-0.15, -0.1) is 6.58 Å². The molecule has 0 aromatic heterocycles. The van der Waals surface area contributed by atoms with Gasteiger partial charge in [0.25, 0.3) is 0 Å². The molecule has 0 aliphatic heterocycles. The van der Waals surface area contributed by atoms with Crippen molar-refractivity contribution >= 4 is 8.60 Å². The van der Waals surface area contributed by atoms with Gasteiger partial charge < -0.3 is 19.6 Å². The van der Waals surface area contributed by atoms with Gasteiger partial charge in [0.2, 0.25) is 0 Å². The van der Waals surface area contributed by atoms with Crippen molar-refractivity contribution in [1.82, 2.24) is 0 Å². The van der Waals surface area contributed by atoms with Crippen LogP contribution >= 0.6 is 8.60 Å². The molecule has 0 fully saturated rings. The van der Waals surface area contributed by atoms with E-state index in [9.17, 15) is 4.89 Å².